The van der Waals surface area contributed by atoms with E-state index in [0.29, 0.717) is 3.58 Å². The zero-order valence-electron chi connectivity index (χ0n) is 7.24. The third kappa shape index (κ3) is 4.05. The van der Waals surface area contributed by atoms with Crippen LogP contribution in [0.15, 0.2) is 28.3 Å². The van der Waals surface area contributed by atoms with Gasteiger partial charge in [-0.3, -0.25) is 4.98 Å². The summed E-state index contributed by atoms with van der Waals surface area (Å²) in [6.07, 6.45) is 4.43. The molecule has 0 saturated heterocycles. The van der Waals surface area contributed by atoms with Crippen LogP contribution in [0, 0.1) is 0 Å². The van der Waals surface area contributed by atoms with Crippen LogP contribution >= 0.6 is 38.5 Å². The van der Waals surface area contributed by atoms with Gasteiger partial charge in [-0.2, -0.15) is 0 Å². The predicted molar refractivity (Wildman–Crippen MR) is 68.8 cm³/mol. The molecule has 0 aliphatic heterocycles. The number of halogens is 2. The molecule has 0 saturated carbocycles. The van der Waals surface area contributed by atoms with E-state index in [9.17, 15) is 8.42 Å². The summed E-state index contributed by atoms with van der Waals surface area (Å²) in [5.74, 6) is 0. The van der Waals surface area contributed by atoms with Gasteiger partial charge in [0.05, 0.1) is 0 Å². The molecule has 0 amide bonds. The van der Waals surface area contributed by atoms with Gasteiger partial charge in [-0.1, -0.05) is 0 Å². The van der Waals surface area contributed by atoms with Crippen molar-refractivity contribution in [3.63, 3.8) is 0 Å². The van der Waals surface area contributed by atoms with Crippen LogP contribution in [-0.2, 0) is 9.84 Å². The van der Waals surface area contributed by atoms with Crippen molar-refractivity contribution in [2.24, 2.45) is 0 Å². The van der Waals surface area contributed by atoms with E-state index in [1.807, 2.05) is 28.7 Å². The van der Waals surface area contributed by atoms with Crippen molar-refractivity contribution in [2.45, 2.75) is 0 Å². The Kier molecular flexibility index (Phi) is 4.08. The summed E-state index contributed by atoms with van der Waals surface area (Å²) in [6.45, 7) is 0. The third-order valence-electron chi connectivity index (χ3n) is 1.30. The molecule has 76 valence electrons. The van der Waals surface area contributed by atoms with Gasteiger partial charge in [0.25, 0.3) is 0 Å². The summed E-state index contributed by atoms with van der Waals surface area (Å²) >= 11 is 5.24. The van der Waals surface area contributed by atoms with Gasteiger partial charge in [-0.05, 0) is 44.6 Å². The number of pyridine rings is 1. The molecule has 0 fully saturated rings. The van der Waals surface area contributed by atoms with Crippen LogP contribution in [0.5, 0.6) is 0 Å². The molecule has 0 bridgehead atoms. The first-order valence-corrected chi connectivity index (χ1v) is 7.39. The molecule has 0 atom stereocenters. The molecule has 6 heteroatoms. The Morgan fingerprint density at radius 2 is 2.21 bits per heavy atom. The molecular formula is C8H7BrINO2S. The van der Waals surface area contributed by atoms with Crippen molar-refractivity contribution in [2.75, 3.05) is 6.26 Å². The quantitative estimate of drug-likeness (QED) is 0.733. The third-order valence-corrected chi connectivity index (χ3v) is 3.75. The van der Waals surface area contributed by atoms with E-state index in [2.05, 4.69) is 20.9 Å². The van der Waals surface area contributed by atoms with Crippen LogP contribution in [0.1, 0.15) is 5.56 Å². The fourth-order valence-electron chi connectivity index (χ4n) is 0.798. The van der Waals surface area contributed by atoms with Crippen molar-refractivity contribution in [3.05, 3.63) is 33.9 Å². The number of rotatable bonds is 2. The van der Waals surface area contributed by atoms with Crippen molar-refractivity contribution in [3.8, 4) is 0 Å². The average Bonchev–Trinajstić information content (AvgIpc) is 2.01. The number of nitrogens with zero attached hydrogens (tertiary/aromatic N) is 1. The fraction of sp³-hybridized carbons (Fsp3) is 0.125. The van der Waals surface area contributed by atoms with Crippen LogP contribution in [0.3, 0.4) is 0 Å². The Labute approximate surface area is 105 Å². The lowest BCUT2D eigenvalue weighted by Gasteiger charge is -1.98. The molecule has 14 heavy (non-hydrogen) atoms. The first-order chi connectivity index (χ1) is 6.38. The van der Waals surface area contributed by atoms with Crippen LogP contribution < -0.4 is 0 Å². The van der Waals surface area contributed by atoms with Gasteiger partial charge in [0.15, 0.2) is 9.84 Å². The maximum absolute atomic E-state index is 11.0. The zero-order chi connectivity index (χ0) is 10.8. The summed E-state index contributed by atoms with van der Waals surface area (Å²) in [6, 6.07) is 1.82. The molecule has 0 aliphatic carbocycles. The highest BCUT2D eigenvalue weighted by atomic mass is 127. The van der Waals surface area contributed by atoms with Crippen molar-refractivity contribution in [1.29, 1.82) is 0 Å². The van der Waals surface area contributed by atoms with Gasteiger partial charge >= 0.3 is 0 Å². The summed E-state index contributed by atoms with van der Waals surface area (Å²) in [5.41, 5.74) is 0.783. The average molecular weight is 388 g/mol. The Balaban J connectivity index is 3.13. The van der Waals surface area contributed by atoms with E-state index >= 15 is 0 Å². The molecule has 0 unspecified atom stereocenters. The minimum atomic E-state index is -3.10. The predicted octanol–water partition coefficient (Wildman–Crippen LogP) is 2.62. The van der Waals surface area contributed by atoms with Crippen molar-refractivity contribution in [1.82, 2.24) is 4.98 Å². The number of hydrogen-bond acceptors (Lipinski definition) is 3. The standard InChI is InChI=1S/C8H7BrINO2S/c1-14(12,13)5-8(10)6-2-7(9)4-11-3-6/h2-5H,1H3/b8-5+. The van der Waals surface area contributed by atoms with Gasteiger partial charge in [0, 0.05) is 37.7 Å². The lowest BCUT2D eigenvalue weighted by molar-refractivity contribution is 0.610. The van der Waals surface area contributed by atoms with Crippen LogP contribution in [0.2, 0.25) is 0 Å². The SMILES string of the molecule is CS(=O)(=O)/C=C(/I)c1cncc(Br)c1. The normalized spacial score (nSPS) is 12.9. The van der Waals surface area contributed by atoms with Crippen LogP contribution in [0.4, 0.5) is 0 Å². The molecule has 0 N–H and O–H groups in total. The van der Waals surface area contributed by atoms with E-state index in [1.165, 1.54) is 5.41 Å². The second kappa shape index (κ2) is 4.71. The summed E-state index contributed by atoms with van der Waals surface area (Å²) < 4.78 is 23.5. The first kappa shape index (κ1) is 12.1. The minimum Gasteiger partial charge on any atom is -0.263 e. The van der Waals surface area contributed by atoms with Crippen molar-refractivity contribution < 1.29 is 8.42 Å². The largest absolute Gasteiger partial charge is 0.263 e. The molecule has 1 aromatic rings. The van der Waals surface area contributed by atoms with E-state index in [4.69, 9.17) is 0 Å². The molecule has 0 aliphatic rings. The Morgan fingerprint density at radius 3 is 2.71 bits per heavy atom. The molecular weight excluding hydrogens is 381 g/mol. The monoisotopic (exact) mass is 387 g/mol. The highest BCUT2D eigenvalue weighted by Gasteiger charge is 2.03. The topological polar surface area (TPSA) is 47.0 Å². The summed E-state index contributed by atoms with van der Waals surface area (Å²) in [5, 5.41) is 1.22. The van der Waals surface area contributed by atoms with Gasteiger partial charge in [-0.25, -0.2) is 8.42 Å². The van der Waals surface area contributed by atoms with E-state index in [0.717, 1.165) is 16.3 Å². The second-order valence-electron chi connectivity index (χ2n) is 2.69. The molecule has 1 aromatic heterocycles. The molecule has 0 aromatic carbocycles. The molecule has 3 nitrogen and oxygen atoms in total. The lowest BCUT2D eigenvalue weighted by atomic mass is 10.3. The van der Waals surface area contributed by atoms with Gasteiger partial charge in [-0.15, -0.1) is 0 Å². The maximum atomic E-state index is 11.0. The first-order valence-electron chi connectivity index (χ1n) is 3.57. The van der Waals surface area contributed by atoms with Crippen LogP contribution in [-0.4, -0.2) is 19.7 Å². The highest BCUT2D eigenvalue weighted by molar-refractivity contribution is 14.1. The number of hydrogen-bond donors (Lipinski definition) is 0. The molecule has 0 radical (unpaired) electrons. The van der Waals surface area contributed by atoms with Gasteiger partial charge < -0.3 is 0 Å². The Morgan fingerprint density at radius 1 is 1.57 bits per heavy atom. The lowest BCUT2D eigenvalue weighted by Crippen LogP contribution is -1.90. The van der Waals surface area contributed by atoms with Crippen LogP contribution in [0.25, 0.3) is 3.58 Å². The summed E-state index contributed by atoms with van der Waals surface area (Å²) in [4.78, 5) is 3.95. The van der Waals surface area contributed by atoms with Crippen molar-refractivity contribution >= 4 is 51.9 Å². The second-order valence-corrected chi connectivity index (χ2v) is 6.66. The molecule has 0 spiro atoms. The highest BCUT2D eigenvalue weighted by Crippen LogP contribution is 2.24. The van der Waals surface area contributed by atoms with E-state index in [1.54, 1.807) is 12.4 Å². The molecule has 1 heterocycles. The fourth-order valence-corrected chi connectivity index (χ4v) is 3.36. The Bertz CT molecular complexity index is 470. The number of sulfone groups is 1. The smallest absolute Gasteiger partial charge is 0.169 e. The van der Waals surface area contributed by atoms with Gasteiger partial charge in [0.2, 0.25) is 0 Å². The van der Waals surface area contributed by atoms with E-state index < -0.39 is 9.84 Å². The number of aromatic nitrogens is 1. The zero-order valence-corrected chi connectivity index (χ0v) is 11.8. The summed E-state index contributed by atoms with van der Waals surface area (Å²) in [7, 11) is -3.10. The molecule has 1 rings (SSSR count). The van der Waals surface area contributed by atoms with E-state index in [-0.39, 0.29) is 0 Å². The maximum Gasteiger partial charge on any atom is 0.169 e. The van der Waals surface area contributed by atoms with Gasteiger partial charge in [0.1, 0.15) is 0 Å². The minimum absolute atomic E-state index is 0.652. The Hall–Kier alpha value is 0.0500.